The van der Waals surface area contributed by atoms with Gasteiger partial charge in [0.15, 0.2) is 0 Å². The monoisotopic (exact) mass is 273 g/mol. The summed E-state index contributed by atoms with van der Waals surface area (Å²) in [6.07, 6.45) is 4.35. The van der Waals surface area contributed by atoms with Crippen LogP contribution >= 0.6 is 27.3 Å². The number of hydrogen-bond donors (Lipinski definition) is 1. The number of carbonyl (C=O) groups excluding carboxylic acids is 1. The van der Waals surface area contributed by atoms with E-state index in [9.17, 15) is 4.79 Å². The Morgan fingerprint density at radius 1 is 1.64 bits per heavy atom. The quantitative estimate of drug-likeness (QED) is 0.840. The summed E-state index contributed by atoms with van der Waals surface area (Å²) in [5.41, 5.74) is 0. The van der Waals surface area contributed by atoms with Gasteiger partial charge in [0, 0.05) is 17.5 Å². The normalized spacial score (nSPS) is 10.7. The fourth-order valence-corrected chi connectivity index (χ4v) is 2.21. The molecule has 1 rings (SSSR count). The summed E-state index contributed by atoms with van der Waals surface area (Å²) in [5.74, 6) is -0.0311. The zero-order valence-corrected chi connectivity index (χ0v) is 10.3. The van der Waals surface area contributed by atoms with Gasteiger partial charge in [-0.05, 0) is 40.6 Å². The van der Waals surface area contributed by atoms with Crippen LogP contribution in [0.1, 0.15) is 18.2 Å². The number of thiophene rings is 1. The molecule has 0 aliphatic heterocycles. The predicted molar refractivity (Wildman–Crippen MR) is 64.4 cm³/mol. The summed E-state index contributed by atoms with van der Waals surface area (Å²) < 4.78 is 1.08. The van der Waals surface area contributed by atoms with Crippen LogP contribution in [0.15, 0.2) is 22.0 Å². The zero-order valence-electron chi connectivity index (χ0n) is 7.92. The minimum absolute atomic E-state index is 0.0311. The Bertz CT molecular complexity index is 333. The van der Waals surface area contributed by atoms with Crippen LogP contribution < -0.4 is 5.32 Å². The molecule has 0 saturated heterocycles. The van der Waals surface area contributed by atoms with Crippen molar-refractivity contribution in [3.8, 4) is 0 Å². The maximum Gasteiger partial charge on any atom is 0.244 e. The molecule has 0 aliphatic carbocycles. The lowest BCUT2D eigenvalue weighted by atomic mass is 10.4. The molecule has 1 heterocycles. The average Bonchev–Trinajstić information content (AvgIpc) is 2.58. The van der Waals surface area contributed by atoms with Crippen LogP contribution in [-0.2, 0) is 4.79 Å². The van der Waals surface area contributed by atoms with Crippen molar-refractivity contribution in [1.82, 2.24) is 5.32 Å². The first-order valence-electron chi connectivity index (χ1n) is 4.43. The van der Waals surface area contributed by atoms with E-state index in [-0.39, 0.29) is 5.91 Å². The topological polar surface area (TPSA) is 29.1 Å². The van der Waals surface area contributed by atoms with E-state index in [4.69, 9.17) is 0 Å². The Hall–Kier alpha value is -0.610. The number of hydrogen-bond acceptors (Lipinski definition) is 2. The van der Waals surface area contributed by atoms with E-state index < -0.39 is 0 Å². The molecule has 0 atom stereocenters. The summed E-state index contributed by atoms with van der Waals surface area (Å²) in [7, 11) is 0. The fourth-order valence-electron chi connectivity index (χ4n) is 0.883. The highest BCUT2D eigenvalue weighted by Crippen LogP contribution is 2.22. The van der Waals surface area contributed by atoms with Crippen molar-refractivity contribution in [2.24, 2.45) is 0 Å². The van der Waals surface area contributed by atoms with Crippen molar-refractivity contribution in [2.75, 3.05) is 6.54 Å². The number of halogens is 1. The highest BCUT2D eigenvalue weighted by atomic mass is 79.9. The van der Waals surface area contributed by atoms with Crippen LogP contribution in [0.3, 0.4) is 0 Å². The maximum absolute atomic E-state index is 11.2. The molecule has 0 bridgehead atoms. The van der Waals surface area contributed by atoms with Gasteiger partial charge in [0.1, 0.15) is 0 Å². The lowest BCUT2D eigenvalue weighted by Crippen LogP contribution is -2.21. The third kappa shape index (κ3) is 4.07. The molecule has 1 aromatic heterocycles. The van der Waals surface area contributed by atoms with E-state index in [0.717, 1.165) is 21.6 Å². The summed E-state index contributed by atoms with van der Waals surface area (Å²) in [5, 5.41) is 2.78. The van der Waals surface area contributed by atoms with Gasteiger partial charge in [-0.25, -0.2) is 0 Å². The van der Waals surface area contributed by atoms with Crippen molar-refractivity contribution >= 4 is 39.2 Å². The Labute approximate surface area is 96.2 Å². The molecular formula is C10H12BrNOS. The van der Waals surface area contributed by atoms with Crippen LogP contribution in [0.25, 0.3) is 6.08 Å². The van der Waals surface area contributed by atoms with E-state index in [1.54, 1.807) is 17.4 Å². The highest BCUT2D eigenvalue weighted by Gasteiger charge is 1.95. The summed E-state index contributed by atoms with van der Waals surface area (Å²) >= 11 is 4.97. The number of nitrogens with one attached hydrogen (secondary N) is 1. The van der Waals surface area contributed by atoms with E-state index >= 15 is 0 Å². The van der Waals surface area contributed by atoms with Crippen molar-refractivity contribution in [1.29, 1.82) is 0 Å². The highest BCUT2D eigenvalue weighted by molar-refractivity contribution is 9.11. The molecule has 0 unspecified atom stereocenters. The Morgan fingerprint density at radius 2 is 2.43 bits per heavy atom. The Kier molecular flexibility index (Phi) is 4.90. The van der Waals surface area contributed by atoms with Gasteiger partial charge >= 0.3 is 0 Å². The predicted octanol–water partition coefficient (Wildman–Crippen LogP) is 3.05. The molecule has 0 spiro atoms. The molecule has 76 valence electrons. The number of amides is 1. The van der Waals surface area contributed by atoms with Gasteiger partial charge in [0.05, 0.1) is 3.79 Å². The molecule has 0 radical (unpaired) electrons. The second-order valence-electron chi connectivity index (χ2n) is 2.77. The van der Waals surface area contributed by atoms with Crippen LogP contribution in [-0.4, -0.2) is 12.5 Å². The molecular weight excluding hydrogens is 262 g/mol. The molecule has 2 nitrogen and oxygen atoms in total. The third-order valence-corrected chi connectivity index (χ3v) is 3.13. The zero-order chi connectivity index (χ0) is 10.4. The molecule has 14 heavy (non-hydrogen) atoms. The SMILES string of the molecule is CCCNC(=O)C=Cc1ccc(Br)s1. The van der Waals surface area contributed by atoms with E-state index in [2.05, 4.69) is 21.2 Å². The summed E-state index contributed by atoms with van der Waals surface area (Å²) in [4.78, 5) is 12.2. The molecule has 1 amide bonds. The fraction of sp³-hybridized carbons (Fsp3) is 0.300. The van der Waals surface area contributed by atoms with Gasteiger partial charge in [-0.1, -0.05) is 6.92 Å². The van der Waals surface area contributed by atoms with Gasteiger partial charge in [-0.2, -0.15) is 0 Å². The van der Waals surface area contributed by atoms with Crippen LogP contribution in [0, 0.1) is 0 Å². The molecule has 0 saturated carbocycles. The standard InChI is InChI=1S/C10H12BrNOS/c1-2-7-12-10(13)6-4-8-3-5-9(11)14-8/h3-6H,2,7H2,1H3,(H,12,13). The van der Waals surface area contributed by atoms with Crippen LogP contribution in [0.4, 0.5) is 0 Å². The van der Waals surface area contributed by atoms with Crippen molar-refractivity contribution < 1.29 is 4.79 Å². The van der Waals surface area contributed by atoms with Crippen LogP contribution in [0.2, 0.25) is 0 Å². The van der Waals surface area contributed by atoms with Gasteiger partial charge in [0.25, 0.3) is 0 Å². The maximum atomic E-state index is 11.2. The second-order valence-corrected chi connectivity index (χ2v) is 5.26. The average molecular weight is 274 g/mol. The number of carbonyl (C=O) groups is 1. The minimum atomic E-state index is -0.0311. The molecule has 0 aromatic carbocycles. The van der Waals surface area contributed by atoms with Crippen molar-refractivity contribution in [3.63, 3.8) is 0 Å². The van der Waals surface area contributed by atoms with Gasteiger partial charge < -0.3 is 5.32 Å². The Morgan fingerprint density at radius 3 is 3.00 bits per heavy atom. The largest absolute Gasteiger partial charge is 0.353 e. The molecule has 1 N–H and O–H groups in total. The second kappa shape index (κ2) is 5.98. The first-order chi connectivity index (χ1) is 6.72. The molecule has 0 fully saturated rings. The van der Waals surface area contributed by atoms with E-state index in [1.165, 1.54) is 0 Å². The van der Waals surface area contributed by atoms with E-state index in [1.807, 2.05) is 25.1 Å². The van der Waals surface area contributed by atoms with Crippen LogP contribution in [0.5, 0.6) is 0 Å². The van der Waals surface area contributed by atoms with Crippen molar-refractivity contribution in [3.05, 3.63) is 26.9 Å². The summed E-state index contributed by atoms with van der Waals surface area (Å²) in [6, 6.07) is 3.94. The van der Waals surface area contributed by atoms with Gasteiger partial charge in [-0.15, -0.1) is 11.3 Å². The minimum Gasteiger partial charge on any atom is -0.353 e. The lowest BCUT2D eigenvalue weighted by Gasteiger charge is -1.96. The molecule has 0 aliphatic rings. The van der Waals surface area contributed by atoms with E-state index in [0.29, 0.717) is 0 Å². The molecule has 4 heteroatoms. The number of rotatable bonds is 4. The van der Waals surface area contributed by atoms with Gasteiger partial charge in [-0.3, -0.25) is 4.79 Å². The van der Waals surface area contributed by atoms with Gasteiger partial charge in [0.2, 0.25) is 5.91 Å². The third-order valence-electron chi connectivity index (χ3n) is 1.54. The van der Waals surface area contributed by atoms with Crippen molar-refractivity contribution in [2.45, 2.75) is 13.3 Å². The first kappa shape index (κ1) is 11.5. The molecule has 1 aromatic rings. The first-order valence-corrected chi connectivity index (χ1v) is 6.04. The lowest BCUT2D eigenvalue weighted by molar-refractivity contribution is -0.116. The summed E-state index contributed by atoms with van der Waals surface area (Å²) in [6.45, 7) is 2.76. The Balaban J connectivity index is 2.43. The smallest absolute Gasteiger partial charge is 0.244 e.